The van der Waals surface area contributed by atoms with E-state index in [9.17, 15) is 4.79 Å². The van der Waals surface area contributed by atoms with Gasteiger partial charge in [-0.05, 0) is 36.5 Å². The molecule has 1 aromatic carbocycles. The van der Waals surface area contributed by atoms with E-state index >= 15 is 0 Å². The number of nitrogens with one attached hydrogen (secondary N) is 1. The fourth-order valence-corrected chi connectivity index (χ4v) is 2.09. The van der Waals surface area contributed by atoms with Crippen molar-refractivity contribution in [1.29, 1.82) is 0 Å². The molecule has 5 nitrogen and oxygen atoms in total. The highest BCUT2D eigenvalue weighted by atomic mass is 16.6. The maximum Gasteiger partial charge on any atom is 0.245 e. The molecule has 0 spiro atoms. The van der Waals surface area contributed by atoms with Crippen LogP contribution in [-0.4, -0.2) is 25.7 Å². The molecule has 0 aliphatic heterocycles. The molecule has 0 heterocycles. The second-order valence-corrected chi connectivity index (χ2v) is 4.51. The number of methoxy groups -OCH3 is 1. The van der Waals surface area contributed by atoms with Crippen LogP contribution in [0.15, 0.2) is 24.3 Å². The molecule has 1 aliphatic rings. The molecule has 0 unspecified atom stereocenters. The molecular weight excluding hydrogens is 232 g/mol. The van der Waals surface area contributed by atoms with Crippen LogP contribution in [0.3, 0.4) is 0 Å². The summed E-state index contributed by atoms with van der Waals surface area (Å²) >= 11 is 0. The van der Waals surface area contributed by atoms with Crippen LogP contribution in [0.25, 0.3) is 0 Å². The number of amides is 1. The normalized spacial score (nSPS) is 22.3. The second kappa shape index (κ2) is 5.84. The Morgan fingerprint density at radius 2 is 2.06 bits per heavy atom. The summed E-state index contributed by atoms with van der Waals surface area (Å²) < 4.78 is 5.12. The molecule has 1 aromatic rings. The lowest BCUT2D eigenvalue weighted by atomic mass is 9.76. The molecule has 2 rings (SSSR count). The Morgan fingerprint density at radius 1 is 1.39 bits per heavy atom. The van der Waals surface area contributed by atoms with Crippen LogP contribution in [0.1, 0.15) is 24.3 Å². The van der Waals surface area contributed by atoms with E-state index in [1.807, 2.05) is 12.1 Å². The third kappa shape index (κ3) is 3.21. The molecule has 1 saturated carbocycles. The number of benzene rings is 1. The van der Waals surface area contributed by atoms with Gasteiger partial charge in [0.15, 0.2) is 0 Å². The monoisotopic (exact) mass is 250 g/mol. The van der Waals surface area contributed by atoms with Crippen LogP contribution in [0, 0.1) is 0 Å². The van der Waals surface area contributed by atoms with Crippen molar-refractivity contribution in [2.45, 2.75) is 24.8 Å². The molecule has 0 radical (unpaired) electrons. The van der Waals surface area contributed by atoms with Gasteiger partial charge in [-0.25, -0.2) is 0 Å². The van der Waals surface area contributed by atoms with E-state index in [2.05, 4.69) is 17.6 Å². The first kappa shape index (κ1) is 12.9. The van der Waals surface area contributed by atoms with E-state index in [1.165, 1.54) is 5.56 Å². The van der Waals surface area contributed by atoms with Crippen molar-refractivity contribution in [2.75, 3.05) is 13.7 Å². The number of carbonyl (C=O) groups excluding carboxylic acids is 1. The average Bonchev–Trinajstić information content (AvgIpc) is 2.32. The maximum absolute atomic E-state index is 10.5. The van der Waals surface area contributed by atoms with Crippen molar-refractivity contribution >= 4 is 5.91 Å². The highest BCUT2D eigenvalue weighted by molar-refractivity contribution is 5.74. The minimum Gasteiger partial charge on any atom is -0.497 e. The maximum atomic E-state index is 10.5. The lowest BCUT2D eigenvalue weighted by molar-refractivity contribution is -0.126. The van der Waals surface area contributed by atoms with Gasteiger partial charge in [0.25, 0.3) is 0 Å². The van der Waals surface area contributed by atoms with E-state index < -0.39 is 5.91 Å². The standard InChI is InChI=1S/C13H18N2O3/c1-17-12-4-2-9(3-5-12)10-6-11(7-10)15-18-8-13(14)16/h2-5,10-11,15H,6-8H2,1H3,(H2,14,16). The Balaban J connectivity index is 1.73. The van der Waals surface area contributed by atoms with Crippen LogP contribution in [0.2, 0.25) is 0 Å². The molecule has 18 heavy (non-hydrogen) atoms. The molecule has 0 atom stereocenters. The Bertz CT molecular complexity index is 399. The van der Waals surface area contributed by atoms with E-state index in [4.69, 9.17) is 15.3 Å². The summed E-state index contributed by atoms with van der Waals surface area (Å²) in [7, 11) is 1.66. The summed E-state index contributed by atoms with van der Waals surface area (Å²) in [4.78, 5) is 15.5. The fourth-order valence-electron chi connectivity index (χ4n) is 2.09. The van der Waals surface area contributed by atoms with Crippen LogP contribution in [-0.2, 0) is 9.63 Å². The summed E-state index contributed by atoms with van der Waals surface area (Å²) in [5.74, 6) is 0.955. The molecule has 98 valence electrons. The van der Waals surface area contributed by atoms with Gasteiger partial charge in [0.05, 0.1) is 7.11 Å². The van der Waals surface area contributed by atoms with E-state index in [0.29, 0.717) is 12.0 Å². The minimum atomic E-state index is -0.464. The van der Waals surface area contributed by atoms with Crippen molar-refractivity contribution in [3.8, 4) is 5.75 Å². The second-order valence-electron chi connectivity index (χ2n) is 4.51. The lowest BCUT2D eigenvalue weighted by Gasteiger charge is -2.35. The number of primary amides is 1. The van der Waals surface area contributed by atoms with Gasteiger partial charge >= 0.3 is 0 Å². The van der Waals surface area contributed by atoms with Gasteiger partial charge in [-0.3, -0.25) is 9.63 Å². The zero-order chi connectivity index (χ0) is 13.0. The van der Waals surface area contributed by atoms with Gasteiger partial charge in [0.2, 0.25) is 5.91 Å². The van der Waals surface area contributed by atoms with Crippen molar-refractivity contribution in [2.24, 2.45) is 5.73 Å². The predicted molar refractivity (Wildman–Crippen MR) is 67.0 cm³/mol. The molecule has 0 saturated heterocycles. The number of rotatable bonds is 6. The smallest absolute Gasteiger partial charge is 0.245 e. The van der Waals surface area contributed by atoms with Gasteiger partial charge in [-0.15, -0.1) is 0 Å². The summed E-state index contributed by atoms with van der Waals surface area (Å²) in [5, 5.41) is 0. The van der Waals surface area contributed by atoms with Gasteiger partial charge in [0, 0.05) is 6.04 Å². The number of ether oxygens (including phenoxy) is 1. The molecule has 1 aliphatic carbocycles. The van der Waals surface area contributed by atoms with Crippen LogP contribution < -0.4 is 16.0 Å². The zero-order valence-electron chi connectivity index (χ0n) is 10.4. The van der Waals surface area contributed by atoms with Crippen LogP contribution >= 0.6 is 0 Å². The quantitative estimate of drug-likeness (QED) is 0.737. The average molecular weight is 250 g/mol. The first-order valence-electron chi connectivity index (χ1n) is 5.98. The Hall–Kier alpha value is -1.59. The highest BCUT2D eigenvalue weighted by Gasteiger charge is 2.30. The van der Waals surface area contributed by atoms with E-state index in [1.54, 1.807) is 7.11 Å². The van der Waals surface area contributed by atoms with Gasteiger partial charge in [-0.2, -0.15) is 5.48 Å². The zero-order valence-corrected chi connectivity index (χ0v) is 10.4. The SMILES string of the molecule is COc1ccc(C2CC(NOCC(N)=O)C2)cc1. The number of hydrogen-bond acceptors (Lipinski definition) is 4. The van der Waals surface area contributed by atoms with Crippen molar-refractivity contribution in [3.63, 3.8) is 0 Å². The van der Waals surface area contributed by atoms with Crippen molar-refractivity contribution in [1.82, 2.24) is 5.48 Å². The Kier molecular flexibility index (Phi) is 4.17. The molecule has 0 aromatic heterocycles. The fraction of sp³-hybridized carbons (Fsp3) is 0.462. The summed E-state index contributed by atoms with van der Waals surface area (Å²) in [6, 6.07) is 8.42. The number of hydroxylamine groups is 1. The third-order valence-electron chi connectivity index (χ3n) is 3.19. The van der Waals surface area contributed by atoms with Crippen LogP contribution in [0.4, 0.5) is 0 Å². The molecule has 3 N–H and O–H groups in total. The van der Waals surface area contributed by atoms with E-state index in [0.717, 1.165) is 18.6 Å². The van der Waals surface area contributed by atoms with Gasteiger partial charge in [0.1, 0.15) is 12.4 Å². The van der Waals surface area contributed by atoms with Gasteiger partial charge < -0.3 is 10.5 Å². The van der Waals surface area contributed by atoms with E-state index in [-0.39, 0.29) is 6.61 Å². The highest BCUT2D eigenvalue weighted by Crippen LogP contribution is 2.37. The topological polar surface area (TPSA) is 73.6 Å². The third-order valence-corrected chi connectivity index (χ3v) is 3.19. The molecule has 0 bridgehead atoms. The number of nitrogens with two attached hydrogens (primary N) is 1. The minimum absolute atomic E-state index is 0.0797. The van der Waals surface area contributed by atoms with Gasteiger partial charge in [-0.1, -0.05) is 12.1 Å². The first-order valence-corrected chi connectivity index (χ1v) is 5.98. The lowest BCUT2D eigenvalue weighted by Crippen LogP contribution is -2.41. The number of hydrogen-bond donors (Lipinski definition) is 2. The summed E-state index contributed by atoms with van der Waals surface area (Å²) in [6.45, 7) is -0.0797. The molecule has 1 fully saturated rings. The predicted octanol–water partition coefficient (Wildman–Crippen LogP) is 0.948. The Morgan fingerprint density at radius 3 is 2.61 bits per heavy atom. The van der Waals surface area contributed by atoms with Crippen molar-refractivity contribution in [3.05, 3.63) is 29.8 Å². The largest absolute Gasteiger partial charge is 0.497 e. The van der Waals surface area contributed by atoms with Crippen LogP contribution in [0.5, 0.6) is 5.75 Å². The molecular formula is C13H18N2O3. The molecule has 1 amide bonds. The Labute approximate surface area is 106 Å². The summed E-state index contributed by atoms with van der Waals surface area (Å²) in [6.07, 6.45) is 2.01. The number of carbonyl (C=O) groups is 1. The first-order chi connectivity index (χ1) is 8.69. The van der Waals surface area contributed by atoms with Crippen molar-refractivity contribution < 1.29 is 14.4 Å². The summed E-state index contributed by atoms with van der Waals surface area (Å²) in [5.41, 5.74) is 9.12. The molecule has 5 heteroatoms.